The van der Waals surface area contributed by atoms with Crippen LogP contribution in [0.1, 0.15) is 45.4 Å². The molecule has 100 valence electrons. The first kappa shape index (κ1) is 13.3. The van der Waals surface area contributed by atoms with Gasteiger partial charge in [0.15, 0.2) is 0 Å². The second-order valence-corrected chi connectivity index (χ2v) is 5.52. The summed E-state index contributed by atoms with van der Waals surface area (Å²) in [4.78, 5) is 2.68. The second kappa shape index (κ2) is 6.72. The van der Waals surface area contributed by atoms with Gasteiger partial charge in [-0.15, -0.1) is 0 Å². The van der Waals surface area contributed by atoms with Crippen molar-refractivity contribution in [3.8, 4) is 0 Å². The molecule has 0 spiro atoms. The van der Waals surface area contributed by atoms with Crippen LogP contribution in [-0.2, 0) is 4.74 Å². The third-order valence-corrected chi connectivity index (χ3v) is 4.29. The normalized spacial score (nSPS) is 35.3. The summed E-state index contributed by atoms with van der Waals surface area (Å²) in [6.45, 7) is 5.55. The third kappa shape index (κ3) is 3.43. The van der Waals surface area contributed by atoms with Crippen molar-refractivity contribution in [1.29, 1.82) is 0 Å². The van der Waals surface area contributed by atoms with Crippen molar-refractivity contribution in [1.82, 2.24) is 10.2 Å². The molecule has 0 amide bonds. The number of likely N-dealkylation sites (tertiary alicyclic amines) is 1. The monoisotopic (exact) mass is 240 g/mol. The van der Waals surface area contributed by atoms with E-state index in [9.17, 15) is 0 Å². The van der Waals surface area contributed by atoms with Crippen LogP contribution in [0.25, 0.3) is 0 Å². The van der Waals surface area contributed by atoms with Gasteiger partial charge in [-0.05, 0) is 45.7 Å². The van der Waals surface area contributed by atoms with Gasteiger partial charge in [0, 0.05) is 25.2 Å². The molecule has 1 aliphatic heterocycles. The molecule has 0 bridgehead atoms. The van der Waals surface area contributed by atoms with E-state index in [4.69, 9.17) is 4.74 Å². The molecule has 0 aromatic carbocycles. The highest BCUT2D eigenvalue weighted by Crippen LogP contribution is 2.27. The number of nitrogens with zero attached hydrogens (tertiary/aromatic N) is 1. The van der Waals surface area contributed by atoms with Gasteiger partial charge < -0.3 is 10.1 Å². The Labute approximate surface area is 106 Å². The van der Waals surface area contributed by atoms with Gasteiger partial charge in [-0.2, -0.15) is 0 Å². The number of nitrogens with one attached hydrogen (secondary N) is 1. The van der Waals surface area contributed by atoms with E-state index in [-0.39, 0.29) is 0 Å². The fraction of sp³-hybridized carbons (Fsp3) is 1.00. The van der Waals surface area contributed by atoms with Crippen LogP contribution in [0.2, 0.25) is 0 Å². The summed E-state index contributed by atoms with van der Waals surface area (Å²) in [5.41, 5.74) is 0. The molecule has 0 radical (unpaired) electrons. The third-order valence-electron chi connectivity index (χ3n) is 4.29. The zero-order valence-electron chi connectivity index (χ0n) is 11.5. The standard InChI is InChI=1S/C14H28N2O/c1-3-10-17-12-6-5-9-16(11-12)14-8-4-7-13(14)15-2/h12-15H,3-11H2,1-2H3. The molecule has 3 unspecified atom stereocenters. The smallest absolute Gasteiger partial charge is 0.0702 e. The molecule has 0 aromatic heterocycles. The quantitative estimate of drug-likeness (QED) is 0.795. The van der Waals surface area contributed by atoms with Gasteiger partial charge in [-0.3, -0.25) is 4.90 Å². The van der Waals surface area contributed by atoms with Crippen LogP contribution in [0, 0.1) is 0 Å². The van der Waals surface area contributed by atoms with E-state index in [1.807, 2.05) is 0 Å². The summed E-state index contributed by atoms with van der Waals surface area (Å²) < 4.78 is 5.93. The van der Waals surface area contributed by atoms with Crippen LogP contribution >= 0.6 is 0 Å². The van der Waals surface area contributed by atoms with Crippen molar-refractivity contribution in [2.75, 3.05) is 26.7 Å². The van der Waals surface area contributed by atoms with Crippen molar-refractivity contribution < 1.29 is 4.74 Å². The molecule has 17 heavy (non-hydrogen) atoms. The minimum absolute atomic E-state index is 0.488. The van der Waals surface area contributed by atoms with Crippen LogP contribution in [0.15, 0.2) is 0 Å². The van der Waals surface area contributed by atoms with Gasteiger partial charge in [0.2, 0.25) is 0 Å². The van der Waals surface area contributed by atoms with Crippen LogP contribution in [0.3, 0.4) is 0 Å². The molecule has 3 heteroatoms. The Kier molecular flexibility index (Phi) is 5.26. The maximum absolute atomic E-state index is 5.93. The van der Waals surface area contributed by atoms with Crippen molar-refractivity contribution in [2.45, 2.75) is 63.6 Å². The molecule has 2 fully saturated rings. The lowest BCUT2D eigenvalue weighted by atomic mass is 10.0. The molecule has 0 aromatic rings. The zero-order chi connectivity index (χ0) is 12.1. The van der Waals surface area contributed by atoms with Gasteiger partial charge in [-0.1, -0.05) is 13.3 Å². The molecule has 3 nitrogen and oxygen atoms in total. The van der Waals surface area contributed by atoms with E-state index in [0.29, 0.717) is 12.1 Å². The van der Waals surface area contributed by atoms with Crippen molar-refractivity contribution in [3.05, 3.63) is 0 Å². The van der Waals surface area contributed by atoms with Crippen molar-refractivity contribution in [2.24, 2.45) is 0 Å². The van der Waals surface area contributed by atoms with Crippen LogP contribution in [0.4, 0.5) is 0 Å². The molecular weight excluding hydrogens is 212 g/mol. The lowest BCUT2D eigenvalue weighted by molar-refractivity contribution is -0.0145. The first-order chi connectivity index (χ1) is 8.35. The lowest BCUT2D eigenvalue weighted by Gasteiger charge is -2.39. The second-order valence-electron chi connectivity index (χ2n) is 5.52. The molecular formula is C14H28N2O. The zero-order valence-corrected chi connectivity index (χ0v) is 11.5. The van der Waals surface area contributed by atoms with E-state index >= 15 is 0 Å². The molecule has 1 saturated carbocycles. The Morgan fingerprint density at radius 1 is 1.24 bits per heavy atom. The molecule has 1 heterocycles. The van der Waals surface area contributed by atoms with Gasteiger partial charge in [-0.25, -0.2) is 0 Å². The van der Waals surface area contributed by atoms with Gasteiger partial charge in [0.1, 0.15) is 0 Å². The van der Waals surface area contributed by atoms with Crippen molar-refractivity contribution in [3.63, 3.8) is 0 Å². The van der Waals surface area contributed by atoms with E-state index in [1.54, 1.807) is 0 Å². The lowest BCUT2D eigenvalue weighted by Crippen LogP contribution is -2.51. The Morgan fingerprint density at radius 2 is 2.12 bits per heavy atom. The highest BCUT2D eigenvalue weighted by atomic mass is 16.5. The Morgan fingerprint density at radius 3 is 2.88 bits per heavy atom. The van der Waals surface area contributed by atoms with Gasteiger partial charge >= 0.3 is 0 Å². The molecule has 2 rings (SSSR count). The summed E-state index contributed by atoms with van der Waals surface area (Å²) in [6, 6.07) is 1.47. The number of hydrogen-bond donors (Lipinski definition) is 1. The molecule has 1 saturated heterocycles. The van der Waals surface area contributed by atoms with Gasteiger partial charge in [0.05, 0.1) is 6.10 Å². The summed E-state index contributed by atoms with van der Waals surface area (Å²) in [5, 5.41) is 3.49. The SMILES string of the molecule is CCCOC1CCCN(C2CCCC2NC)C1. The minimum Gasteiger partial charge on any atom is -0.377 e. The predicted molar refractivity (Wildman–Crippen MR) is 71.3 cm³/mol. The summed E-state index contributed by atoms with van der Waals surface area (Å²) in [7, 11) is 2.11. The average molecular weight is 240 g/mol. The molecule has 3 atom stereocenters. The number of rotatable bonds is 5. The topological polar surface area (TPSA) is 24.5 Å². The Balaban J connectivity index is 1.83. The predicted octanol–water partition coefficient (Wildman–Crippen LogP) is 2.02. The highest BCUT2D eigenvalue weighted by Gasteiger charge is 2.33. The number of piperidine rings is 1. The largest absolute Gasteiger partial charge is 0.377 e. The summed E-state index contributed by atoms with van der Waals surface area (Å²) >= 11 is 0. The fourth-order valence-corrected chi connectivity index (χ4v) is 3.40. The summed E-state index contributed by atoms with van der Waals surface area (Å²) in [6.07, 6.45) is 8.28. The number of likely N-dealkylation sites (N-methyl/N-ethyl adjacent to an activating group) is 1. The van der Waals surface area contributed by atoms with Crippen LogP contribution < -0.4 is 5.32 Å². The first-order valence-electron chi connectivity index (χ1n) is 7.38. The van der Waals surface area contributed by atoms with Crippen LogP contribution in [-0.4, -0.2) is 49.8 Å². The minimum atomic E-state index is 0.488. The summed E-state index contributed by atoms with van der Waals surface area (Å²) in [5.74, 6) is 0. The van der Waals surface area contributed by atoms with Gasteiger partial charge in [0.25, 0.3) is 0 Å². The molecule has 2 aliphatic rings. The molecule has 1 aliphatic carbocycles. The molecule has 1 N–H and O–H groups in total. The first-order valence-corrected chi connectivity index (χ1v) is 7.38. The maximum Gasteiger partial charge on any atom is 0.0702 e. The van der Waals surface area contributed by atoms with Crippen LogP contribution in [0.5, 0.6) is 0 Å². The number of ether oxygens (including phenoxy) is 1. The number of hydrogen-bond acceptors (Lipinski definition) is 3. The Hall–Kier alpha value is -0.120. The Bertz CT molecular complexity index is 222. The van der Waals surface area contributed by atoms with E-state index in [1.165, 1.54) is 38.6 Å². The fourth-order valence-electron chi connectivity index (χ4n) is 3.40. The van der Waals surface area contributed by atoms with E-state index < -0.39 is 0 Å². The van der Waals surface area contributed by atoms with Crippen molar-refractivity contribution >= 4 is 0 Å². The van der Waals surface area contributed by atoms with E-state index in [2.05, 4.69) is 24.2 Å². The average Bonchev–Trinajstić information content (AvgIpc) is 2.85. The highest BCUT2D eigenvalue weighted by molar-refractivity contribution is 4.91. The van der Waals surface area contributed by atoms with E-state index in [0.717, 1.165) is 25.6 Å². The maximum atomic E-state index is 5.93.